The number of piperidine rings is 2. The van der Waals surface area contributed by atoms with Gasteiger partial charge in [-0.1, -0.05) is 19.8 Å². The summed E-state index contributed by atoms with van der Waals surface area (Å²) < 4.78 is 0. The van der Waals surface area contributed by atoms with Crippen molar-refractivity contribution in [3.05, 3.63) is 23.8 Å². The first-order valence-electron chi connectivity index (χ1n) is 10.7. The van der Waals surface area contributed by atoms with E-state index in [1.54, 1.807) is 6.07 Å². The lowest BCUT2D eigenvalue weighted by molar-refractivity contribution is -0.116. The molecule has 3 rings (SSSR count). The SMILES string of the molecule is CCCCC(=O)Nc1ccc(N2CCC(N3CCCCC3)CC2)c(C(=O)O)c1. The Morgan fingerprint density at radius 2 is 1.82 bits per heavy atom. The highest BCUT2D eigenvalue weighted by Crippen LogP contribution is 2.29. The Morgan fingerprint density at radius 1 is 1.11 bits per heavy atom. The summed E-state index contributed by atoms with van der Waals surface area (Å²) in [5, 5.41) is 12.5. The molecule has 2 aliphatic heterocycles. The highest BCUT2D eigenvalue weighted by atomic mass is 16.4. The molecule has 2 fully saturated rings. The second-order valence-electron chi connectivity index (χ2n) is 8.00. The zero-order valence-corrected chi connectivity index (χ0v) is 17.0. The number of carbonyl (C=O) groups excluding carboxylic acids is 1. The van der Waals surface area contributed by atoms with Crippen LogP contribution in [-0.4, -0.2) is 54.1 Å². The minimum atomic E-state index is -0.946. The third-order valence-electron chi connectivity index (χ3n) is 5.98. The van der Waals surface area contributed by atoms with Crippen molar-refractivity contribution < 1.29 is 14.7 Å². The lowest BCUT2D eigenvalue weighted by Gasteiger charge is -2.41. The molecule has 154 valence electrons. The first-order chi connectivity index (χ1) is 13.6. The van der Waals surface area contributed by atoms with Crippen LogP contribution < -0.4 is 10.2 Å². The molecule has 6 heteroatoms. The number of aromatic carboxylic acids is 1. The Kier molecular flexibility index (Phi) is 7.31. The second kappa shape index (κ2) is 9.92. The predicted molar refractivity (Wildman–Crippen MR) is 112 cm³/mol. The van der Waals surface area contributed by atoms with Crippen LogP contribution in [0.25, 0.3) is 0 Å². The first kappa shape index (κ1) is 20.6. The van der Waals surface area contributed by atoms with Crippen LogP contribution in [0.15, 0.2) is 18.2 Å². The van der Waals surface area contributed by atoms with E-state index in [1.807, 2.05) is 19.1 Å². The molecule has 0 bridgehead atoms. The fourth-order valence-electron chi connectivity index (χ4n) is 4.38. The number of hydrogen-bond acceptors (Lipinski definition) is 4. The summed E-state index contributed by atoms with van der Waals surface area (Å²) in [6.45, 7) is 6.21. The van der Waals surface area contributed by atoms with Crippen LogP contribution in [-0.2, 0) is 4.79 Å². The van der Waals surface area contributed by atoms with Crippen LogP contribution in [0.5, 0.6) is 0 Å². The number of hydrogen-bond donors (Lipinski definition) is 2. The topological polar surface area (TPSA) is 72.9 Å². The molecule has 2 aliphatic rings. The Balaban J connectivity index is 1.64. The molecule has 6 nitrogen and oxygen atoms in total. The normalized spacial score (nSPS) is 18.8. The molecule has 2 saturated heterocycles. The van der Waals surface area contributed by atoms with E-state index in [9.17, 15) is 14.7 Å². The number of unbranched alkanes of at least 4 members (excludes halogenated alkanes) is 1. The minimum absolute atomic E-state index is 0.0618. The standard InChI is InChI=1S/C22H33N3O3/c1-2-3-7-21(26)23-17-8-9-20(19(16-17)22(27)28)25-14-10-18(11-15-25)24-12-5-4-6-13-24/h8-9,16,18H,2-7,10-15H2,1H3,(H,23,26)(H,27,28). The van der Waals surface area contributed by atoms with Crippen LogP contribution in [0.2, 0.25) is 0 Å². The largest absolute Gasteiger partial charge is 0.478 e. The van der Waals surface area contributed by atoms with Crippen LogP contribution in [0, 0.1) is 0 Å². The van der Waals surface area contributed by atoms with E-state index in [0.29, 0.717) is 18.2 Å². The molecule has 0 radical (unpaired) electrons. The van der Waals surface area contributed by atoms with Crippen LogP contribution in [0.3, 0.4) is 0 Å². The van der Waals surface area contributed by atoms with Gasteiger partial charge < -0.3 is 20.2 Å². The Bertz CT molecular complexity index is 678. The number of carboxylic acid groups (broad SMARTS) is 1. The van der Waals surface area contributed by atoms with Gasteiger partial charge in [-0.25, -0.2) is 4.79 Å². The Hall–Kier alpha value is -2.08. The average Bonchev–Trinajstić information content (AvgIpc) is 2.73. The van der Waals surface area contributed by atoms with Gasteiger partial charge in [0.2, 0.25) is 5.91 Å². The molecule has 2 N–H and O–H groups in total. The number of nitrogens with zero attached hydrogens (tertiary/aromatic N) is 2. The number of nitrogens with one attached hydrogen (secondary N) is 1. The monoisotopic (exact) mass is 387 g/mol. The van der Waals surface area contributed by atoms with Crippen molar-refractivity contribution >= 4 is 23.3 Å². The molecular weight excluding hydrogens is 354 g/mol. The second-order valence-corrected chi connectivity index (χ2v) is 8.00. The molecule has 0 spiro atoms. The zero-order valence-electron chi connectivity index (χ0n) is 17.0. The van der Waals surface area contributed by atoms with Crippen molar-refractivity contribution in [3.8, 4) is 0 Å². The van der Waals surface area contributed by atoms with Crippen LogP contribution >= 0.6 is 0 Å². The summed E-state index contributed by atoms with van der Waals surface area (Å²) in [6.07, 6.45) is 8.36. The van der Waals surface area contributed by atoms with Crippen molar-refractivity contribution in [3.63, 3.8) is 0 Å². The number of amides is 1. The molecule has 2 heterocycles. The van der Waals surface area contributed by atoms with Gasteiger partial charge in [0.25, 0.3) is 0 Å². The molecule has 28 heavy (non-hydrogen) atoms. The quantitative estimate of drug-likeness (QED) is 0.741. The van der Waals surface area contributed by atoms with Gasteiger partial charge in [0.15, 0.2) is 0 Å². The summed E-state index contributed by atoms with van der Waals surface area (Å²) in [7, 11) is 0. The van der Waals surface area contributed by atoms with Gasteiger partial charge in [-0.05, 0) is 63.4 Å². The Labute approximate surface area is 167 Å². The van der Waals surface area contributed by atoms with Crippen molar-refractivity contribution in [2.45, 2.75) is 64.3 Å². The third-order valence-corrected chi connectivity index (χ3v) is 5.98. The molecule has 0 saturated carbocycles. The zero-order chi connectivity index (χ0) is 19.9. The van der Waals surface area contributed by atoms with Gasteiger partial charge in [0, 0.05) is 31.2 Å². The van der Waals surface area contributed by atoms with E-state index in [-0.39, 0.29) is 11.5 Å². The first-order valence-corrected chi connectivity index (χ1v) is 10.7. The maximum atomic E-state index is 12.0. The van der Waals surface area contributed by atoms with Gasteiger partial charge in [-0.3, -0.25) is 4.79 Å². The smallest absolute Gasteiger partial charge is 0.337 e. The van der Waals surface area contributed by atoms with E-state index in [0.717, 1.165) is 44.5 Å². The fraction of sp³-hybridized carbons (Fsp3) is 0.636. The van der Waals surface area contributed by atoms with Crippen LogP contribution in [0.4, 0.5) is 11.4 Å². The minimum Gasteiger partial charge on any atom is -0.478 e. The number of likely N-dealkylation sites (tertiary alicyclic amines) is 1. The molecule has 0 aromatic heterocycles. The number of carbonyl (C=O) groups is 2. The summed E-state index contributed by atoms with van der Waals surface area (Å²) in [5.41, 5.74) is 1.59. The lowest BCUT2D eigenvalue weighted by Crippen LogP contribution is -2.47. The van der Waals surface area contributed by atoms with E-state index in [2.05, 4.69) is 15.1 Å². The number of anilines is 2. The van der Waals surface area contributed by atoms with E-state index in [1.165, 1.54) is 32.4 Å². The maximum Gasteiger partial charge on any atom is 0.337 e. The predicted octanol–water partition coefficient (Wildman–Crippen LogP) is 3.97. The maximum absolute atomic E-state index is 12.0. The third kappa shape index (κ3) is 5.25. The lowest BCUT2D eigenvalue weighted by atomic mass is 9.98. The van der Waals surface area contributed by atoms with Gasteiger partial charge in [0.1, 0.15) is 0 Å². The van der Waals surface area contributed by atoms with E-state index >= 15 is 0 Å². The number of benzene rings is 1. The summed E-state index contributed by atoms with van der Waals surface area (Å²) in [5.74, 6) is -1.01. The average molecular weight is 388 g/mol. The molecule has 0 atom stereocenters. The number of carboxylic acids is 1. The van der Waals surface area contributed by atoms with Crippen molar-refractivity contribution in [1.29, 1.82) is 0 Å². The highest BCUT2D eigenvalue weighted by Gasteiger charge is 2.27. The summed E-state index contributed by atoms with van der Waals surface area (Å²) in [4.78, 5) is 28.6. The molecular formula is C22H33N3O3. The van der Waals surface area contributed by atoms with E-state index < -0.39 is 5.97 Å². The fourth-order valence-corrected chi connectivity index (χ4v) is 4.38. The molecule has 1 amide bonds. The van der Waals surface area contributed by atoms with Gasteiger partial charge >= 0.3 is 5.97 Å². The molecule has 1 aromatic rings. The number of rotatable bonds is 7. The highest BCUT2D eigenvalue weighted by molar-refractivity contribution is 5.98. The summed E-state index contributed by atoms with van der Waals surface area (Å²) >= 11 is 0. The van der Waals surface area contributed by atoms with Crippen molar-refractivity contribution in [2.75, 3.05) is 36.4 Å². The van der Waals surface area contributed by atoms with Gasteiger partial charge in [-0.15, -0.1) is 0 Å². The van der Waals surface area contributed by atoms with Crippen molar-refractivity contribution in [2.24, 2.45) is 0 Å². The van der Waals surface area contributed by atoms with Gasteiger partial charge in [0.05, 0.1) is 11.3 Å². The van der Waals surface area contributed by atoms with Crippen LogP contribution in [0.1, 0.15) is 68.6 Å². The summed E-state index contributed by atoms with van der Waals surface area (Å²) in [6, 6.07) is 5.89. The molecule has 1 aromatic carbocycles. The van der Waals surface area contributed by atoms with Crippen molar-refractivity contribution in [1.82, 2.24) is 4.90 Å². The molecule has 0 aliphatic carbocycles. The van der Waals surface area contributed by atoms with E-state index in [4.69, 9.17) is 0 Å². The van der Waals surface area contributed by atoms with Gasteiger partial charge in [-0.2, -0.15) is 0 Å². The Morgan fingerprint density at radius 3 is 2.46 bits per heavy atom. The molecule has 0 unspecified atom stereocenters.